The molecule has 20 heavy (non-hydrogen) atoms. The number of ether oxygens (including phenoxy) is 1. The monoisotopic (exact) mass is 280 g/mol. The third-order valence-electron chi connectivity index (χ3n) is 5.49. The van der Waals surface area contributed by atoms with Gasteiger partial charge < -0.3 is 15.0 Å². The highest BCUT2D eigenvalue weighted by Gasteiger charge is 2.46. The van der Waals surface area contributed by atoms with Crippen molar-refractivity contribution in [3.05, 3.63) is 0 Å². The molecule has 3 aliphatic rings. The highest BCUT2D eigenvalue weighted by atomic mass is 16.5. The Morgan fingerprint density at radius 1 is 1.35 bits per heavy atom. The van der Waals surface area contributed by atoms with Gasteiger partial charge in [0.1, 0.15) is 0 Å². The molecule has 1 amide bonds. The van der Waals surface area contributed by atoms with Crippen molar-refractivity contribution in [2.45, 2.75) is 64.0 Å². The number of nitrogens with zero attached hydrogens (tertiary/aromatic N) is 1. The summed E-state index contributed by atoms with van der Waals surface area (Å²) in [5, 5.41) is 3.41. The molecule has 1 saturated carbocycles. The summed E-state index contributed by atoms with van der Waals surface area (Å²) in [5.74, 6) is 0.432. The van der Waals surface area contributed by atoms with Gasteiger partial charge in [0.2, 0.25) is 5.91 Å². The fourth-order valence-corrected chi connectivity index (χ4v) is 4.44. The second-order valence-electron chi connectivity index (χ2n) is 6.69. The smallest absolute Gasteiger partial charge is 0.229 e. The first-order valence-electron chi connectivity index (χ1n) is 8.40. The predicted molar refractivity (Wildman–Crippen MR) is 78.5 cm³/mol. The van der Waals surface area contributed by atoms with Crippen molar-refractivity contribution < 1.29 is 9.53 Å². The molecule has 2 atom stereocenters. The third-order valence-corrected chi connectivity index (χ3v) is 5.49. The molecule has 2 aliphatic heterocycles. The number of hydrogen-bond donors (Lipinski definition) is 1. The van der Waals surface area contributed by atoms with Gasteiger partial charge in [-0.2, -0.15) is 0 Å². The number of fused-ring (bicyclic) bond motifs is 1. The SMILES string of the molecule is CCCC1(C(=O)N2CCOC3CCCC32)CCNCC1. The standard InChI is InChI=1S/C16H28N2O2/c1-2-6-16(7-9-17-10-8-16)15(19)18-11-12-20-14-5-3-4-13(14)18/h13-14,17H,2-12H2,1H3. The minimum Gasteiger partial charge on any atom is -0.374 e. The number of rotatable bonds is 3. The largest absolute Gasteiger partial charge is 0.374 e. The molecule has 0 bridgehead atoms. The van der Waals surface area contributed by atoms with E-state index in [0.29, 0.717) is 18.1 Å². The summed E-state index contributed by atoms with van der Waals surface area (Å²) in [6, 6.07) is 0.361. The van der Waals surface area contributed by atoms with Crippen molar-refractivity contribution in [2.75, 3.05) is 26.2 Å². The van der Waals surface area contributed by atoms with Gasteiger partial charge in [0.25, 0.3) is 0 Å². The average Bonchev–Trinajstić information content (AvgIpc) is 2.96. The second kappa shape index (κ2) is 6.02. The minimum absolute atomic E-state index is 0.0928. The maximum atomic E-state index is 13.3. The number of carbonyl (C=O) groups is 1. The van der Waals surface area contributed by atoms with E-state index in [4.69, 9.17) is 4.74 Å². The van der Waals surface area contributed by atoms with E-state index in [1.807, 2.05) is 0 Å². The lowest BCUT2D eigenvalue weighted by atomic mass is 9.73. The topological polar surface area (TPSA) is 41.6 Å². The Kier molecular flexibility index (Phi) is 4.32. The van der Waals surface area contributed by atoms with E-state index >= 15 is 0 Å². The quantitative estimate of drug-likeness (QED) is 0.859. The van der Waals surface area contributed by atoms with Gasteiger partial charge in [-0.25, -0.2) is 0 Å². The highest BCUT2D eigenvalue weighted by Crippen LogP contribution is 2.39. The molecule has 0 aromatic carbocycles. The van der Waals surface area contributed by atoms with Crippen LogP contribution >= 0.6 is 0 Å². The van der Waals surface area contributed by atoms with Crippen LogP contribution in [0.25, 0.3) is 0 Å². The molecule has 2 heterocycles. The Labute approximate surface area is 122 Å². The average molecular weight is 280 g/mol. The van der Waals surface area contributed by atoms with Gasteiger partial charge >= 0.3 is 0 Å². The van der Waals surface area contributed by atoms with Gasteiger partial charge in [0.05, 0.1) is 24.2 Å². The number of morpholine rings is 1. The Balaban J connectivity index is 1.77. The van der Waals surface area contributed by atoms with Gasteiger partial charge in [-0.05, 0) is 51.6 Å². The van der Waals surface area contributed by atoms with Crippen LogP contribution in [0.15, 0.2) is 0 Å². The van der Waals surface area contributed by atoms with Crippen LogP contribution in [0, 0.1) is 5.41 Å². The number of nitrogens with one attached hydrogen (secondary N) is 1. The van der Waals surface area contributed by atoms with Gasteiger partial charge in [-0.1, -0.05) is 13.3 Å². The van der Waals surface area contributed by atoms with Crippen LogP contribution in [0.3, 0.4) is 0 Å². The zero-order chi connectivity index (χ0) is 14.0. The molecule has 1 N–H and O–H groups in total. The summed E-state index contributed by atoms with van der Waals surface area (Å²) >= 11 is 0. The Morgan fingerprint density at radius 3 is 2.90 bits per heavy atom. The summed E-state index contributed by atoms with van der Waals surface area (Å²) in [7, 11) is 0. The third kappa shape index (κ3) is 2.48. The molecule has 2 unspecified atom stereocenters. The molecule has 114 valence electrons. The molecular weight excluding hydrogens is 252 g/mol. The van der Waals surface area contributed by atoms with Gasteiger partial charge in [-0.3, -0.25) is 4.79 Å². The Hall–Kier alpha value is -0.610. The summed E-state index contributed by atoms with van der Waals surface area (Å²) in [5.41, 5.74) is -0.0928. The maximum Gasteiger partial charge on any atom is 0.229 e. The van der Waals surface area contributed by atoms with Crippen molar-refractivity contribution in [1.82, 2.24) is 10.2 Å². The van der Waals surface area contributed by atoms with E-state index in [9.17, 15) is 4.79 Å². The fourth-order valence-electron chi connectivity index (χ4n) is 4.44. The van der Waals surface area contributed by atoms with Crippen LogP contribution < -0.4 is 5.32 Å². The molecular formula is C16H28N2O2. The first kappa shape index (κ1) is 14.3. The zero-order valence-corrected chi connectivity index (χ0v) is 12.7. The molecule has 4 heteroatoms. The fraction of sp³-hybridized carbons (Fsp3) is 0.938. The number of carbonyl (C=O) groups excluding carboxylic acids is 1. The highest BCUT2D eigenvalue weighted by molar-refractivity contribution is 5.83. The Morgan fingerprint density at radius 2 is 2.15 bits per heavy atom. The first-order valence-corrected chi connectivity index (χ1v) is 8.40. The van der Waals surface area contributed by atoms with Crippen molar-refractivity contribution in [3.8, 4) is 0 Å². The van der Waals surface area contributed by atoms with Crippen LogP contribution in [-0.2, 0) is 9.53 Å². The van der Waals surface area contributed by atoms with E-state index in [2.05, 4.69) is 17.1 Å². The van der Waals surface area contributed by atoms with Gasteiger partial charge in [0.15, 0.2) is 0 Å². The van der Waals surface area contributed by atoms with Crippen molar-refractivity contribution in [2.24, 2.45) is 5.41 Å². The van der Waals surface area contributed by atoms with Crippen LogP contribution in [0.5, 0.6) is 0 Å². The number of piperidine rings is 1. The van der Waals surface area contributed by atoms with E-state index in [0.717, 1.165) is 64.8 Å². The molecule has 2 saturated heterocycles. The van der Waals surface area contributed by atoms with Gasteiger partial charge in [0, 0.05) is 6.54 Å². The first-order chi connectivity index (χ1) is 9.77. The van der Waals surface area contributed by atoms with Crippen molar-refractivity contribution >= 4 is 5.91 Å². The number of amides is 1. The van der Waals surface area contributed by atoms with Crippen LogP contribution in [0.2, 0.25) is 0 Å². The molecule has 0 aromatic heterocycles. The lowest BCUT2D eigenvalue weighted by Gasteiger charge is -2.45. The maximum absolute atomic E-state index is 13.3. The number of hydrogen-bond acceptors (Lipinski definition) is 3. The van der Waals surface area contributed by atoms with Crippen molar-refractivity contribution in [1.29, 1.82) is 0 Å². The zero-order valence-electron chi connectivity index (χ0n) is 12.7. The summed E-state index contributed by atoms with van der Waals surface area (Å²) < 4.78 is 5.86. The minimum atomic E-state index is -0.0928. The molecule has 3 rings (SSSR count). The Bertz CT molecular complexity index is 347. The molecule has 0 aromatic rings. The van der Waals surface area contributed by atoms with Gasteiger partial charge in [-0.15, -0.1) is 0 Å². The molecule has 0 spiro atoms. The van der Waals surface area contributed by atoms with E-state index in [1.54, 1.807) is 0 Å². The summed E-state index contributed by atoms with van der Waals surface area (Å²) in [6.07, 6.45) is 7.96. The second-order valence-corrected chi connectivity index (χ2v) is 6.69. The predicted octanol–water partition coefficient (Wildman–Crippen LogP) is 1.94. The summed E-state index contributed by atoms with van der Waals surface area (Å²) in [4.78, 5) is 15.4. The normalized spacial score (nSPS) is 33.0. The van der Waals surface area contributed by atoms with E-state index < -0.39 is 0 Å². The summed E-state index contributed by atoms with van der Waals surface area (Å²) in [6.45, 7) is 5.72. The molecule has 1 aliphatic carbocycles. The molecule has 0 radical (unpaired) electrons. The molecule has 4 nitrogen and oxygen atoms in total. The molecule has 3 fully saturated rings. The lowest BCUT2D eigenvalue weighted by Crippen LogP contribution is -2.57. The van der Waals surface area contributed by atoms with Crippen LogP contribution in [0.1, 0.15) is 51.9 Å². The van der Waals surface area contributed by atoms with Crippen molar-refractivity contribution in [3.63, 3.8) is 0 Å². The van der Waals surface area contributed by atoms with Crippen LogP contribution in [-0.4, -0.2) is 49.2 Å². The van der Waals surface area contributed by atoms with Crippen LogP contribution in [0.4, 0.5) is 0 Å². The van der Waals surface area contributed by atoms with E-state index in [1.165, 1.54) is 6.42 Å². The van der Waals surface area contributed by atoms with E-state index in [-0.39, 0.29) is 5.41 Å². The lowest BCUT2D eigenvalue weighted by molar-refractivity contribution is -0.157.